The van der Waals surface area contributed by atoms with Crippen molar-refractivity contribution in [1.82, 2.24) is 4.57 Å². The van der Waals surface area contributed by atoms with Gasteiger partial charge >= 0.3 is 0 Å². The summed E-state index contributed by atoms with van der Waals surface area (Å²) in [6, 6.07) is 0. The molecule has 2 nitrogen and oxygen atoms in total. The first-order valence-electron chi connectivity index (χ1n) is 18.9. The van der Waals surface area contributed by atoms with Crippen LogP contribution in [0.5, 0.6) is 0 Å². The number of hydrogen-bond donors (Lipinski definition) is 0. The van der Waals surface area contributed by atoms with Crippen LogP contribution in [-0.2, 0) is 19.5 Å². The van der Waals surface area contributed by atoms with Crippen LogP contribution in [0.1, 0.15) is 213 Å². The van der Waals surface area contributed by atoms with Crippen LogP contribution in [0.3, 0.4) is 0 Å². The molecule has 0 aliphatic heterocycles. The monoisotopic (exact) mass is 560 g/mol. The fraction of sp³-hybridized carbons (Fsp3) is 0.921. The summed E-state index contributed by atoms with van der Waals surface area (Å²) in [6.07, 6.45) is 47.4. The van der Waals surface area contributed by atoms with E-state index >= 15 is 0 Å². The van der Waals surface area contributed by atoms with Crippen molar-refractivity contribution in [2.45, 2.75) is 226 Å². The molecule has 0 saturated carbocycles. The van der Waals surface area contributed by atoms with Crippen LogP contribution < -0.4 is 4.57 Å². The lowest BCUT2D eigenvalue weighted by Crippen LogP contribution is -2.37. The topological polar surface area (TPSA) is 8.81 Å². The van der Waals surface area contributed by atoms with Gasteiger partial charge in [0.25, 0.3) is 5.82 Å². The molecular weight excluding hydrogens is 484 g/mol. The Bertz CT molecular complexity index is 619. The van der Waals surface area contributed by atoms with Crippen molar-refractivity contribution >= 4 is 0 Å². The minimum absolute atomic E-state index is 1.22. The molecular formula is C38H75N2+. The third-order valence-corrected chi connectivity index (χ3v) is 9.10. The first-order chi connectivity index (χ1) is 19.8. The van der Waals surface area contributed by atoms with E-state index in [9.17, 15) is 0 Å². The minimum atomic E-state index is 1.22. The average Bonchev–Trinajstić information content (AvgIpc) is 3.35. The van der Waals surface area contributed by atoms with E-state index in [1.165, 1.54) is 206 Å². The maximum atomic E-state index is 2.62. The molecule has 0 bridgehead atoms. The normalized spacial score (nSPS) is 11.6. The van der Waals surface area contributed by atoms with E-state index in [1.54, 1.807) is 5.82 Å². The van der Waals surface area contributed by atoms with Crippen molar-refractivity contribution < 1.29 is 4.57 Å². The molecule has 0 spiro atoms. The second-order valence-corrected chi connectivity index (χ2v) is 13.0. The fourth-order valence-electron chi connectivity index (χ4n) is 6.33. The fourth-order valence-corrected chi connectivity index (χ4v) is 6.33. The van der Waals surface area contributed by atoms with Crippen molar-refractivity contribution in [2.75, 3.05) is 0 Å². The molecule has 0 aromatic carbocycles. The van der Waals surface area contributed by atoms with Gasteiger partial charge in [0.15, 0.2) is 0 Å². The van der Waals surface area contributed by atoms with E-state index in [0.717, 1.165) is 0 Å². The van der Waals surface area contributed by atoms with Gasteiger partial charge in [0.2, 0.25) is 0 Å². The van der Waals surface area contributed by atoms with Gasteiger partial charge in [0.05, 0.1) is 13.1 Å². The molecule has 2 heteroatoms. The highest BCUT2D eigenvalue weighted by Gasteiger charge is 2.16. The number of hydrogen-bond acceptors (Lipinski definition) is 0. The van der Waals surface area contributed by atoms with Crippen molar-refractivity contribution in [3.63, 3.8) is 0 Å². The SMILES string of the molecule is CCCCCCCCCCCCCCCCCC[n+]1ccn(CCCCCC)c1CCCCCCCCCCC. The third kappa shape index (κ3) is 21.9. The lowest BCUT2D eigenvalue weighted by atomic mass is 10.0. The van der Waals surface area contributed by atoms with Gasteiger partial charge in [-0.05, 0) is 32.1 Å². The van der Waals surface area contributed by atoms with Crippen LogP contribution in [0.15, 0.2) is 12.4 Å². The lowest BCUT2D eigenvalue weighted by molar-refractivity contribution is -0.704. The van der Waals surface area contributed by atoms with E-state index in [-0.39, 0.29) is 0 Å². The molecule has 1 aromatic rings. The Kier molecular flexibility index (Phi) is 27.6. The van der Waals surface area contributed by atoms with Gasteiger partial charge in [0.1, 0.15) is 12.4 Å². The largest absolute Gasteiger partial charge is 0.256 e. The van der Waals surface area contributed by atoms with Crippen molar-refractivity contribution in [3.8, 4) is 0 Å². The highest BCUT2D eigenvalue weighted by atomic mass is 15.1. The summed E-state index contributed by atoms with van der Waals surface area (Å²) in [5.74, 6) is 1.61. The van der Waals surface area contributed by atoms with E-state index in [0.29, 0.717) is 0 Å². The van der Waals surface area contributed by atoms with Crippen LogP contribution in [-0.4, -0.2) is 4.57 Å². The maximum absolute atomic E-state index is 2.62. The zero-order valence-electron chi connectivity index (χ0n) is 28.2. The number of unbranched alkanes of at least 4 members (excludes halogenated alkanes) is 26. The molecule has 1 heterocycles. The van der Waals surface area contributed by atoms with Gasteiger partial charge in [-0.2, -0.15) is 0 Å². The predicted molar refractivity (Wildman–Crippen MR) is 179 cm³/mol. The molecule has 0 aliphatic rings. The van der Waals surface area contributed by atoms with Crippen LogP contribution >= 0.6 is 0 Å². The van der Waals surface area contributed by atoms with Crippen molar-refractivity contribution in [1.29, 1.82) is 0 Å². The Balaban J connectivity index is 2.16. The predicted octanol–water partition coefficient (Wildman–Crippen LogP) is 12.7. The standard InChI is InChI=1S/C38H75N2/c1-4-7-10-13-15-17-18-19-20-21-22-23-25-27-29-32-35-40-37-36-39(34-31-12-9-6-3)38(40)33-30-28-26-24-16-14-11-8-5-2/h36-37H,4-35H2,1-3H3/q+1. The van der Waals surface area contributed by atoms with Gasteiger partial charge in [0, 0.05) is 6.42 Å². The average molecular weight is 560 g/mol. The second kappa shape index (κ2) is 29.7. The van der Waals surface area contributed by atoms with E-state index in [4.69, 9.17) is 0 Å². The van der Waals surface area contributed by atoms with E-state index in [2.05, 4.69) is 42.3 Å². The van der Waals surface area contributed by atoms with Gasteiger partial charge < -0.3 is 0 Å². The molecule has 0 fully saturated rings. The summed E-state index contributed by atoms with van der Waals surface area (Å²) in [6.45, 7) is 9.39. The Morgan fingerprint density at radius 3 is 1.20 bits per heavy atom. The maximum Gasteiger partial charge on any atom is 0.256 e. The molecule has 1 rings (SSSR count). The zero-order valence-corrected chi connectivity index (χ0v) is 28.2. The number of rotatable bonds is 32. The highest BCUT2D eigenvalue weighted by Crippen LogP contribution is 2.15. The van der Waals surface area contributed by atoms with Gasteiger partial charge in [-0.1, -0.05) is 175 Å². The molecule has 1 aromatic heterocycles. The number of imidazole rings is 1. The number of nitrogens with zero attached hydrogens (tertiary/aromatic N) is 2. The summed E-state index contributed by atoms with van der Waals surface area (Å²) >= 11 is 0. The van der Waals surface area contributed by atoms with Crippen molar-refractivity contribution in [3.05, 3.63) is 18.2 Å². The Hall–Kier alpha value is -0.790. The minimum Gasteiger partial charge on any atom is -0.234 e. The van der Waals surface area contributed by atoms with Crippen LogP contribution in [0.25, 0.3) is 0 Å². The quantitative estimate of drug-likeness (QED) is 0.0613. The summed E-state index contributed by atoms with van der Waals surface area (Å²) in [7, 11) is 0. The van der Waals surface area contributed by atoms with E-state index < -0.39 is 0 Å². The van der Waals surface area contributed by atoms with Crippen LogP contribution in [0, 0.1) is 0 Å². The van der Waals surface area contributed by atoms with Crippen molar-refractivity contribution in [2.24, 2.45) is 0 Å². The third-order valence-electron chi connectivity index (χ3n) is 9.10. The number of aromatic nitrogens is 2. The summed E-state index contributed by atoms with van der Waals surface area (Å²) in [5.41, 5.74) is 0. The summed E-state index contributed by atoms with van der Waals surface area (Å²) in [5, 5.41) is 0. The molecule has 0 unspecified atom stereocenters. The smallest absolute Gasteiger partial charge is 0.234 e. The van der Waals surface area contributed by atoms with Crippen LogP contribution in [0.2, 0.25) is 0 Å². The second-order valence-electron chi connectivity index (χ2n) is 13.0. The molecule has 0 radical (unpaired) electrons. The molecule has 236 valence electrons. The van der Waals surface area contributed by atoms with Gasteiger partial charge in [-0.25, -0.2) is 9.13 Å². The number of aryl methyl sites for hydroxylation is 2. The summed E-state index contributed by atoms with van der Waals surface area (Å²) in [4.78, 5) is 0. The Morgan fingerprint density at radius 2 is 0.775 bits per heavy atom. The highest BCUT2D eigenvalue weighted by molar-refractivity contribution is 4.84. The Morgan fingerprint density at radius 1 is 0.425 bits per heavy atom. The molecule has 0 N–H and O–H groups in total. The molecule has 0 atom stereocenters. The zero-order chi connectivity index (χ0) is 28.8. The Labute approximate surface area is 253 Å². The first-order valence-corrected chi connectivity index (χ1v) is 18.9. The lowest BCUT2D eigenvalue weighted by Gasteiger charge is -2.07. The summed E-state index contributed by atoms with van der Waals surface area (Å²) < 4.78 is 5.22. The molecule has 0 aliphatic carbocycles. The van der Waals surface area contributed by atoms with Gasteiger partial charge in [-0.15, -0.1) is 0 Å². The molecule has 40 heavy (non-hydrogen) atoms. The molecule has 0 saturated heterocycles. The first kappa shape index (κ1) is 37.2. The van der Waals surface area contributed by atoms with E-state index in [1.807, 2.05) is 0 Å². The molecule has 0 amide bonds. The van der Waals surface area contributed by atoms with Gasteiger partial charge in [-0.3, -0.25) is 0 Å². The van der Waals surface area contributed by atoms with Crippen LogP contribution in [0.4, 0.5) is 0 Å².